The molecule has 2 rings (SSSR count). The van der Waals surface area contributed by atoms with Gasteiger partial charge in [0.25, 0.3) is 0 Å². The van der Waals surface area contributed by atoms with Crippen LogP contribution in [0.25, 0.3) is 0 Å². The molecule has 1 heterocycles. The number of unbranched alkanes of at least 4 members (excludes halogenated alkanes) is 1. The number of carbonyl (C=O) groups excluding carboxylic acids is 1. The second kappa shape index (κ2) is 8.12. The molecule has 2 aromatic rings. The molecule has 0 aliphatic heterocycles. The van der Waals surface area contributed by atoms with Crippen molar-refractivity contribution in [3.63, 3.8) is 0 Å². The van der Waals surface area contributed by atoms with Crippen molar-refractivity contribution >= 4 is 23.4 Å². The summed E-state index contributed by atoms with van der Waals surface area (Å²) in [6.45, 7) is 4.95. The van der Waals surface area contributed by atoms with Crippen molar-refractivity contribution in [1.29, 1.82) is 0 Å². The van der Waals surface area contributed by atoms with Crippen LogP contribution in [0.1, 0.15) is 35.8 Å². The fourth-order valence-electron chi connectivity index (χ4n) is 2.08. The van der Waals surface area contributed by atoms with Crippen LogP contribution >= 0.6 is 0 Å². The molecule has 23 heavy (non-hydrogen) atoms. The highest BCUT2D eigenvalue weighted by atomic mass is 16.5. The summed E-state index contributed by atoms with van der Waals surface area (Å²) in [6.07, 6.45) is 2.22. The van der Waals surface area contributed by atoms with E-state index in [0.717, 1.165) is 36.6 Å². The summed E-state index contributed by atoms with van der Waals surface area (Å²) in [5.41, 5.74) is 2.08. The summed E-state index contributed by atoms with van der Waals surface area (Å²) < 4.78 is 4.73. The maximum Gasteiger partial charge on any atom is 0.337 e. The van der Waals surface area contributed by atoms with Crippen molar-refractivity contribution in [1.82, 2.24) is 9.97 Å². The van der Waals surface area contributed by atoms with Crippen molar-refractivity contribution in [2.45, 2.75) is 26.7 Å². The van der Waals surface area contributed by atoms with Gasteiger partial charge in [-0.15, -0.1) is 0 Å². The zero-order valence-electron chi connectivity index (χ0n) is 13.7. The van der Waals surface area contributed by atoms with E-state index in [9.17, 15) is 4.79 Å². The Balaban J connectivity index is 2.14. The third-order valence-electron chi connectivity index (χ3n) is 3.23. The number of nitrogens with one attached hydrogen (secondary N) is 2. The van der Waals surface area contributed by atoms with Gasteiger partial charge in [0, 0.05) is 24.0 Å². The van der Waals surface area contributed by atoms with Crippen molar-refractivity contribution in [3.05, 3.63) is 41.6 Å². The summed E-state index contributed by atoms with van der Waals surface area (Å²) in [6, 6.07) is 8.95. The molecule has 2 N–H and O–H groups in total. The zero-order chi connectivity index (χ0) is 16.7. The molecule has 1 aromatic heterocycles. The summed E-state index contributed by atoms with van der Waals surface area (Å²) in [7, 11) is 1.36. The van der Waals surface area contributed by atoms with Crippen LogP contribution in [0.4, 0.5) is 17.5 Å². The molecule has 0 aliphatic carbocycles. The number of aryl methyl sites for hydroxylation is 1. The van der Waals surface area contributed by atoms with E-state index < -0.39 is 0 Å². The SMILES string of the molecule is CCCCNc1cc(C)nc(Nc2cccc(C(=O)OC)c2)n1. The Kier molecular flexibility index (Phi) is 5.91. The summed E-state index contributed by atoms with van der Waals surface area (Å²) in [5.74, 6) is 0.907. The molecule has 1 aromatic carbocycles. The van der Waals surface area contributed by atoms with Gasteiger partial charge in [-0.25, -0.2) is 9.78 Å². The topological polar surface area (TPSA) is 76.1 Å². The van der Waals surface area contributed by atoms with E-state index in [4.69, 9.17) is 4.74 Å². The number of carbonyl (C=O) groups is 1. The number of aromatic nitrogens is 2. The summed E-state index contributed by atoms with van der Waals surface area (Å²) >= 11 is 0. The van der Waals surface area contributed by atoms with E-state index in [1.54, 1.807) is 18.2 Å². The number of esters is 1. The van der Waals surface area contributed by atoms with Gasteiger partial charge < -0.3 is 15.4 Å². The first-order valence-corrected chi connectivity index (χ1v) is 7.67. The minimum Gasteiger partial charge on any atom is -0.465 e. The van der Waals surface area contributed by atoms with Crippen LogP contribution in [0.2, 0.25) is 0 Å². The Morgan fingerprint density at radius 3 is 2.83 bits per heavy atom. The Bertz CT molecular complexity index is 673. The average molecular weight is 314 g/mol. The lowest BCUT2D eigenvalue weighted by Crippen LogP contribution is -2.07. The van der Waals surface area contributed by atoms with Gasteiger partial charge in [0.2, 0.25) is 5.95 Å². The number of nitrogens with zero attached hydrogens (tertiary/aromatic N) is 2. The van der Waals surface area contributed by atoms with Gasteiger partial charge in [-0.2, -0.15) is 4.98 Å². The second-order valence-corrected chi connectivity index (χ2v) is 5.20. The van der Waals surface area contributed by atoms with Crippen LogP contribution < -0.4 is 10.6 Å². The van der Waals surface area contributed by atoms with Crippen LogP contribution in [-0.4, -0.2) is 29.6 Å². The molecule has 122 valence electrons. The van der Waals surface area contributed by atoms with Crippen LogP contribution in [0.5, 0.6) is 0 Å². The molecule has 0 aliphatic rings. The molecule has 0 fully saturated rings. The second-order valence-electron chi connectivity index (χ2n) is 5.20. The van der Waals surface area contributed by atoms with Gasteiger partial charge in [-0.05, 0) is 31.5 Å². The van der Waals surface area contributed by atoms with Crippen LogP contribution in [0.15, 0.2) is 30.3 Å². The number of anilines is 3. The first-order valence-electron chi connectivity index (χ1n) is 7.67. The number of hydrogen-bond donors (Lipinski definition) is 2. The Morgan fingerprint density at radius 1 is 1.26 bits per heavy atom. The molecular weight excluding hydrogens is 292 g/mol. The summed E-state index contributed by atoms with van der Waals surface area (Å²) in [4.78, 5) is 20.4. The molecule has 0 saturated heterocycles. The fraction of sp³-hybridized carbons (Fsp3) is 0.353. The van der Waals surface area contributed by atoms with E-state index in [1.807, 2.05) is 19.1 Å². The van der Waals surface area contributed by atoms with Gasteiger partial charge in [-0.1, -0.05) is 19.4 Å². The maximum absolute atomic E-state index is 11.6. The van der Waals surface area contributed by atoms with Crippen molar-refractivity contribution in [3.8, 4) is 0 Å². The molecule has 0 bridgehead atoms. The highest BCUT2D eigenvalue weighted by molar-refractivity contribution is 5.90. The smallest absolute Gasteiger partial charge is 0.337 e. The molecule has 0 saturated carbocycles. The lowest BCUT2D eigenvalue weighted by atomic mass is 10.2. The minimum atomic E-state index is -0.374. The third-order valence-corrected chi connectivity index (χ3v) is 3.23. The standard InChI is InChI=1S/C17H22N4O2/c1-4-5-9-18-15-10-12(2)19-17(21-15)20-14-8-6-7-13(11-14)16(22)23-3/h6-8,10-11H,4-5,9H2,1-3H3,(H2,18,19,20,21). The first-order chi connectivity index (χ1) is 11.1. The molecule has 0 spiro atoms. The number of rotatable bonds is 7. The van der Waals surface area contributed by atoms with Crippen molar-refractivity contribution < 1.29 is 9.53 Å². The lowest BCUT2D eigenvalue weighted by Gasteiger charge is -2.10. The van der Waals surface area contributed by atoms with Gasteiger partial charge in [0.05, 0.1) is 12.7 Å². The van der Waals surface area contributed by atoms with Gasteiger partial charge in [-0.3, -0.25) is 0 Å². The highest BCUT2D eigenvalue weighted by Crippen LogP contribution is 2.17. The first kappa shape index (κ1) is 16.7. The predicted octanol–water partition coefficient (Wildman–Crippen LogP) is 3.53. The van der Waals surface area contributed by atoms with Gasteiger partial charge in [0.1, 0.15) is 5.82 Å². The van der Waals surface area contributed by atoms with E-state index in [0.29, 0.717) is 11.5 Å². The Labute approximate surface area is 136 Å². The molecular formula is C17H22N4O2. The van der Waals surface area contributed by atoms with E-state index in [-0.39, 0.29) is 5.97 Å². The van der Waals surface area contributed by atoms with Crippen molar-refractivity contribution in [2.24, 2.45) is 0 Å². The monoisotopic (exact) mass is 314 g/mol. The highest BCUT2D eigenvalue weighted by Gasteiger charge is 2.07. The van der Waals surface area contributed by atoms with E-state index in [1.165, 1.54) is 7.11 Å². The fourth-order valence-corrected chi connectivity index (χ4v) is 2.08. The van der Waals surface area contributed by atoms with E-state index >= 15 is 0 Å². The van der Waals surface area contributed by atoms with Crippen molar-refractivity contribution in [2.75, 3.05) is 24.3 Å². The van der Waals surface area contributed by atoms with Crippen LogP contribution in [-0.2, 0) is 4.74 Å². The molecule has 6 nitrogen and oxygen atoms in total. The number of benzene rings is 1. The number of ether oxygens (including phenoxy) is 1. The van der Waals surface area contributed by atoms with Gasteiger partial charge in [0.15, 0.2) is 0 Å². The molecule has 0 unspecified atom stereocenters. The molecule has 6 heteroatoms. The quantitative estimate of drug-likeness (QED) is 0.601. The average Bonchev–Trinajstić information content (AvgIpc) is 2.54. The van der Waals surface area contributed by atoms with Crippen LogP contribution in [0, 0.1) is 6.92 Å². The predicted molar refractivity (Wildman–Crippen MR) is 91.2 cm³/mol. The third kappa shape index (κ3) is 4.95. The Morgan fingerprint density at radius 2 is 2.09 bits per heavy atom. The maximum atomic E-state index is 11.6. The normalized spacial score (nSPS) is 10.2. The van der Waals surface area contributed by atoms with E-state index in [2.05, 4.69) is 27.5 Å². The molecule has 0 amide bonds. The lowest BCUT2D eigenvalue weighted by molar-refractivity contribution is 0.0601. The summed E-state index contributed by atoms with van der Waals surface area (Å²) in [5, 5.41) is 6.41. The number of hydrogen-bond acceptors (Lipinski definition) is 6. The zero-order valence-corrected chi connectivity index (χ0v) is 13.7. The Hall–Kier alpha value is -2.63. The van der Waals surface area contributed by atoms with Gasteiger partial charge >= 0.3 is 5.97 Å². The number of methoxy groups -OCH3 is 1. The minimum absolute atomic E-state index is 0.374. The van der Waals surface area contributed by atoms with Crippen LogP contribution in [0.3, 0.4) is 0 Å². The molecule has 0 atom stereocenters. The molecule has 0 radical (unpaired) electrons. The largest absolute Gasteiger partial charge is 0.465 e.